The van der Waals surface area contributed by atoms with Crippen molar-refractivity contribution in [3.05, 3.63) is 52.2 Å². The van der Waals surface area contributed by atoms with Gasteiger partial charge in [0.05, 0.1) is 44.5 Å². The molecular formula is C21H31NO5S2. The lowest BCUT2D eigenvalue weighted by Crippen LogP contribution is -2.30. The van der Waals surface area contributed by atoms with Gasteiger partial charge in [0.15, 0.2) is 0 Å². The predicted octanol–water partition coefficient (Wildman–Crippen LogP) is 3.57. The number of ether oxygens (including phenoxy) is 3. The largest absolute Gasteiger partial charge is 0.379 e. The molecule has 0 unspecified atom stereocenters. The van der Waals surface area contributed by atoms with Crippen LogP contribution in [0.5, 0.6) is 0 Å². The molecule has 0 radical (unpaired) electrons. The molecule has 0 aliphatic rings. The normalized spacial score (nSPS) is 12.0. The van der Waals surface area contributed by atoms with Gasteiger partial charge in [-0.15, -0.1) is 0 Å². The molecule has 1 aromatic carbocycles. The summed E-state index contributed by atoms with van der Waals surface area (Å²) in [4.78, 5) is 0.312. The van der Waals surface area contributed by atoms with Crippen molar-refractivity contribution in [1.82, 2.24) is 4.31 Å². The number of rotatable bonds is 15. The Morgan fingerprint density at radius 3 is 2.03 bits per heavy atom. The lowest BCUT2D eigenvalue weighted by atomic mass is 10.2. The third kappa shape index (κ3) is 8.16. The van der Waals surface area contributed by atoms with Crippen molar-refractivity contribution < 1.29 is 22.6 Å². The first-order valence-corrected chi connectivity index (χ1v) is 12.3. The van der Waals surface area contributed by atoms with E-state index in [0.717, 1.165) is 12.0 Å². The lowest BCUT2D eigenvalue weighted by molar-refractivity contribution is 0.0111. The highest BCUT2D eigenvalue weighted by atomic mass is 32.2. The second kappa shape index (κ2) is 13.1. The van der Waals surface area contributed by atoms with Crippen molar-refractivity contribution in [2.45, 2.75) is 31.8 Å². The van der Waals surface area contributed by atoms with Crippen molar-refractivity contribution in [2.75, 3.05) is 46.1 Å². The summed E-state index contributed by atoms with van der Waals surface area (Å²) in [6.07, 6.45) is 0.932. The fraction of sp³-hybridized carbons (Fsp3) is 0.524. The third-order valence-corrected chi connectivity index (χ3v) is 7.19. The minimum atomic E-state index is -3.41. The molecule has 0 spiro atoms. The van der Waals surface area contributed by atoms with Crippen LogP contribution < -0.4 is 0 Å². The molecule has 0 fully saturated rings. The number of benzene rings is 1. The summed E-state index contributed by atoms with van der Waals surface area (Å²) in [5.41, 5.74) is 2.24. The molecule has 0 amide bonds. The zero-order valence-corrected chi connectivity index (χ0v) is 18.8. The Balaban J connectivity index is 1.55. The molecule has 1 aromatic heterocycles. The molecule has 1 heterocycles. The van der Waals surface area contributed by atoms with Gasteiger partial charge in [0, 0.05) is 13.1 Å². The van der Waals surface area contributed by atoms with E-state index in [1.165, 1.54) is 9.87 Å². The highest BCUT2D eigenvalue weighted by Gasteiger charge is 2.21. The van der Waals surface area contributed by atoms with Gasteiger partial charge in [-0.05, 0) is 46.5 Å². The predicted molar refractivity (Wildman–Crippen MR) is 116 cm³/mol. The summed E-state index contributed by atoms with van der Waals surface area (Å²) in [5.74, 6) is 0. The maximum atomic E-state index is 12.5. The quantitative estimate of drug-likeness (QED) is 0.395. The monoisotopic (exact) mass is 441 g/mol. The first kappa shape index (κ1) is 24.0. The van der Waals surface area contributed by atoms with Crippen LogP contribution in [0.2, 0.25) is 0 Å². The van der Waals surface area contributed by atoms with Crippen LogP contribution in [0.15, 0.2) is 46.0 Å². The number of nitrogens with zero attached hydrogens (tertiary/aromatic N) is 1. The summed E-state index contributed by atoms with van der Waals surface area (Å²) in [6.45, 7) is 7.83. The summed E-state index contributed by atoms with van der Waals surface area (Å²) < 4.78 is 43.0. The van der Waals surface area contributed by atoms with Gasteiger partial charge >= 0.3 is 0 Å². The molecule has 0 bridgehead atoms. The van der Waals surface area contributed by atoms with E-state index in [0.29, 0.717) is 57.6 Å². The fourth-order valence-corrected chi connectivity index (χ4v) is 4.89. The fourth-order valence-electron chi connectivity index (χ4n) is 2.73. The van der Waals surface area contributed by atoms with Crippen LogP contribution in [0.4, 0.5) is 0 Å². The van der Waals surface area contributed by atoms with E-state index in [-0.39, 0.29) is 0 Å². The smallest absolute Gasteiger partial charge is 0.243 e. The zero-order chi connectivity index (χ0) is 21.0. The van der Waals surface area contributed by atoms with Crippen LogP contribution in [0.25, 0.3) is 0 Å². The van der Waals surface area contributed by atoms with Crippen LogP contribution in [0, 0.1) is 0 Å². The first-order chi connectivity index (χ1) is 14.1. The second-order valence-electron chi connectivity index (χ2n) is 6.39. The highest BCUT2D eigenvalue weighted by Crippen LogP contribution is 2.16. The Hall–Kier alpha value is -1.29. The molecule has 162 valence electrons. The minimum Gasteiger partial charge on any atom is -0.379 e. The van der Waals surface area contributed by atoms with Crippen molar-refractivity contribution in [1.29, 1.82) is 0 Å². The van der Waals surface area contributed by atoms with Crippen LogP contribution in [0.1, 0.15) is 25.0 Å². The number of hydrogen-bond donors (Lipinski definition) is 0. The minimum absolute atomic E-state index is 0.312. The molecule has 2 rings (SSSR count). The summed E-state index contributed by atoms with van der Waals surface area (Å²) >= 11 is 1.70. The Morgan fingerprint density at radius 1 is 0.828 bits per heavy atom. The van der Waals surface area contributed by atoms with Gasteiger partial charge in [0.25, 0.3) is 0 Å². The molecule has 0 aliphatic heterocycles. The van der Waals surface area contributed by atoms with E-state index in [2.05, 4.69) is 16.8 Å². The molecule has 0 N–H and O–H groups in total. The van der Waals surface area contributed by atoms with E-state index in [1.54, 1.807) is 35.6 Å². The van der Waals surface area contributed by atoms with Gasteiger partial charge < -0.3 is 14.2 Å². The van der Waals surface area contributed by atoms with E-state index >= 15 is 0 Å². The topological polar surface area (TPSA) is 65.1 Å². The molecule has 2 aromatic rings. The van der Waals surface area contributed by atoms with E-state index in [1.807, 2.05) is 13.8 Å². The van der Waals surface area contributed by atoms with E-state index in [4.69, 9.17) is 14.2 Å². The third-order valence-electron chi connectivity index (χ3n) is 4.39. The molecule has 29 heavy (non-hydrogen) atoms. The summed E-state index contributed by atoms with van der Waals surface area (Å²) in [6, 6.07) is 8.96. The average Bonchev–Trinajstić information content (AvgIpc) is 3.24. The molecule has 8 heteroatoms. The van der Waals surface area contributed by atoms with Crippen molar-refractivity contribution in [3.63, 3.8) is 0 Å². The van der Waals surface area contributed by atoms with Crippen molar-refractivity contribution in [2.24, 2.45) is 0 Å². The second-order valence-corrected chi connectivity index (χ2v) is 9.11. The molecule has 0 aliphatic carbocycles. The Labute approximate surface area is 178 Å². The van der Waals surface area contributed by atoms with Crippen molar-refractivity contribution in [3.8, 4) is 0 Å². The Morgan fingerprint density at radius 2 is 1.45 bits per heavy atom. The molecular weight excluding hydrogens is 410 g/mol. The van der Waals surface area contributed by atoms with Gasteiger partial charge in [-0.3, -0.25) is 0 Å². The summed E-state index contributed by atoms with van der Waals surface area (Å²) in [7, 11) is -3.41. The van der Waals surface area contributed by atoms with Crippen LogP contribution in [0.3, 0.4) is 0 Å². The Kier molecular flexibility index (Phi) is 10.8. The maximum Gasteiger partial charge on any atom is 0.243 e. The number of hydrogen-bond acceptors (Lipinski definition) is 6. The standard InChI is InChI=1S/C21H31NO5S2/c1-3-22(4-2)29(23,24)21-7-5-19(6-8-21)17-27-15-14-26-13-12-25-11-9-20-10-16-28-18-20/h5-8,10,16,18H,3-4,9,11-15,17H2,1-2H3. The van der Waals surface area contributed by atoms with Gasteiger partial charge in [-0.2, -0.15) is 15.6 Å². The van der Waals surface area contributed by atoms with Crippen LogP contribution >= 0.6 is 11.3 Å². The van der Waals surface area contributed by atoms with Gasteiger partial charge in [0.2, 0.25) is 10.0 Å². The van der Waals surface area contributed by atoms with Gasteiger partial charge in [0.1, 0.15) is 0 Å². The lowest BCUT2D eigenvalue weighted by Gasteiger charge is -2.18. The van der Waals surface area contributed by atoms with Gasteiger partial charge in [-0.1, -0.05) is 26.0 Å². The number of thiophene rings is 1. The molecule has 6 nitrogen and oxygen atoms in total. The SMILES string of the molecule is CCN(CC)S(=O)(=O)c1ccc(COCCOCCOCCc2ccsc2)cc1. The maximum absolute atomic E-state index is 12.5. The highest BCUT2D eigenvalue weighted by molar-refractivity contribution is 7.89. The first-order valence-electron chi connectivity index (χ1n) is 9.91. The molecule has 0 saturated heterocycles. The number of sulfonamides is 1. The van der Waals surface area contributed by atoms with Crippen LogP contribution in [-0.2, 0) is 37.3 Å². The van der Waals surface area contributed by atoms with Gasteiger partial charge in [-0.25, -0.2) is 8.42 Å². The van der Waals surface area contributed by atoms with Crippen molar-refractivity contribution >= 4 is 21.4 Å². The van der Waals surface area contributed by atoms with E-state index in [9.17, 15) is 8.42 Å². The summed E-state index contributed by atoms with van der Waals surface area (Å²) in [5, 5.41) is 4.20. The van der Waals surface area contributed by atoms with Crippen LogP contribution in [-0.4, -0.2) is 58.8 Å². The van der Waals surface area contributed by atoms with E-state index < -0.39 is 10.0 Å². The Bertz CT molecular complexity index is 772. The average molecular weight is 442 g/mol. The molecule has 0 saturated carbocycles. The zero-order valence-electron chi connectivity index (χ0n) is 17.2. The molecule has 0 atom stereocenters.